The predicted octanol–water partition coefficient (Wildman–Crippen LogP) is 2.58. The van der Waals surface area contributed by atoms with Gasteiger partial charge in [-0.25, -0.2) is 18.4 Å². The molecule has 0 aromatic carbocycles. The Morgan fingerprint density at radius 3 is 2.49 bits per heavy atom. The first-order valence-electron chi connectivity index (χ1n) is 12.7. The number of allylic oxidation sites excluding steroid dienone is 1. The van der Waals surface area contributed by atoms with Gasteiger partial charge in [-0.2, -0.15) is 12.6 Å². The average molecular weight is 544 g/mol. The molecule has 9 unspecified atom stereocenters. The van der Waals surface area contributed by atoms with Crippen LogP contribution in [0.4, 0.5) is 8.78 Å². The molecule has 37 heavy (non-hydrogen) atoms. The molecule has 0 aliphatic heterocycles. The summed E-state index contributed by atoms with van der Waals surface area (Å²) in [4.78, 5) is 49.6. The summed E-state index contributed by atoms with van der Waals surface area (Å²) in [7, 11) is 0. The van der Waals surface area contributed by atoms with Crippen molar-refractivity contribution >= 4 is 36.3 Å². The van der Waals surface area contributed by atoms with Crippen molar-refractivity contribution < 1.29 is 42.9 Å². The van der Waals surface area contributed by atoms with E-state index in [1.807, 2.05) is 0 Å². The van der Waals surface area contributed by atoms with Gasteiger partial charge in [-0.15, -0.1) is 0 Å². The molecule has 1 amide bonds. The molecule has 4 aliphatic carbocycles. The minimum absolute atomic E-state index is 0.0289. The van der Waals surface area contributed by atoms with Crippen LogP contribution in [0.15, 0.2) is 11.6 Å². The zero-order valence-electron chi connectivity index (χ0n) is 21.4. The Balaban J connectivity index is 1.80. The van der Waals surface area contributed by atoms with Crippen LogP contribution in [-0.2, 0) is 23.9 Å². The van der Waals surface area contributed by atoms with Gasteiger partial charge in [0.25, 0.3) is 0 Å². The Kier molecular flexibility index (Phi) is 6.84. The highest BCUT2D eigenvalue weighted by Crippen LogP contribution is 2.72. The second-order valence-electron chi connectivity index (χ2n) is 11.8. The average Bonchev–Trinajstić information content (AvgIpc) is 3.02. The molecule has 3 saturated carbocycles. The number of carbonyl (C=O) groups excluding carboxylic acids is 3. The normalized spacial score (nSPS) is 45.6. The number of aliphatic hydroxyl groups is 1. The lowest BCUT2D eigenvalue weighted by molar-refractivity contribution is -0.244. The van der Waals surface area contributed by atoms with Gasteiger partial charge in [-0.05, 0) is 43.3 Å². The fraction of sp³-hybridized carbons (Fsp3) is 0.769. The number of halogens is 2. The molecule has 4 aliphatic rings. The summed E-state index contributed by atoms with van der Waals surface area (Å²) >= 11 is 4.07. The van der Waals surface area contributed by atoms with Crippen molar-refractivity contribution in [2.45, 2.75) is 89.4 Å². The van der Waals surface area contributed by atoms with Gasteiger partial charge >= 0.3 is 11.9 Å². The monoisotopic (exact) mass is 543 g/mol. The zero-order valence-corrected chi connectivity index (χ0v) is 22.3. The summed E-state index contributed by atoms with van der Waals surface area (Å²) < 4.78 is 38.7. The van der Waals surface area contributed by atoms with Crippen LogP contribution >= 0.6 is 12.6 Å². The number of hydrogen-bond donors (Lipinski definition) is 4. The number of esters is 1. The van der Waals surface area contributed by atoms with Crippen molar-refractivity contribution in [3.63, 3.8) is 0 Å². The number of ketones is 1. The lowest BCUT2D eigenvalue weighted by atomic mass is 9.43. The summed E-state index contributed by atoms with van der Waals surface area (Å²) in [5.41, 5.74) is -7.26. The van der Waals surface area contributed by atoms with Crippen molar-refractivity contribution in [1.82, 2.24) is 5.32 Å². The second kappa shape index (κ2) is 9.03. The molecule has 3 fully saturated rings. The van der Waals surface area contributed by atoms with E-state index >= 15 is 8.78 Å². The number of carboxylic acid groups (broad SMARTS) is 1. The maximum Gasteiger partial charge on any atom is 0.349 e. The second-order valence-corrected chi connectivity index (χ2v) is 12.1. The van der Waals surface area contributed by atoms with E-state index in [1.54, 1.807) is 20.8 Å². The third-order valence-corrected chi connectivity index (χ3v) is 10.4. The third-order valence-electron chi connectivity index (χ3n) is 9.99. The lowest BCUT2D eigenvalue weighted by Crippen LogP contribution is -2.71. The zero-order chi connectivity index (χ0) is 27.7. The number of aliphatic hydroxyl groups excluding tert-OH is 1. The predicted molar refractivity (Wildman–Crippen MR) is 131 cm³/mol. The molecule has 0 radical (unpaired) electrons. The van der Waals surface area contributed by atoms with Crippen LogP contribution in [0.3, 0.4) is 0 Å². The van der Waals surface area contributed by atoms with E-state index in [0.29, 0.717) is 0 Å². The van der Waals surface area contributed by atoms with Gasteiger partial charge in [0.2, 0.25) is 11.5 Å². The molecule has 206 valence electrons. The quantitative estimate of drug-likeness (QED) is 0.310. The Morgan fingerprint density at radius 1 is 1.27 bits per heavy atom. The molecule has 0 aromatic heterocycles. The van der Waals surface area contributed by atoms with Crippen molar-refractivity contribution in [2.24, 2.45) is 28.6 Å². The first-order chi connectivity index (χ1) is 17.1. The molecular weight excluding hydrogens is 508 g/mol. The molecule has 0 saturated heterocycles. The summed E-state index contributed by atoms with van der Waals surface area (Å²) in [5, 5.41) is 24.3. The number of aliphatic carboxylic acids is 1. The number of carbonyl (C=O) groups is 4. The first-order valence-corrected chi connectivity index (χ1v) is 13.3. The first kappa shape index (κ1) is 28.0. The van der Waals surface area contributed by atoms with E-state index in [2.05, 4.69) is 17.9 Å². The SMILES string of the molecule is CC(=O)N[C@@H](CS)C(=O)OC1(C(=O)O)C(C)CC2C3CC(F)C4=CC(=O)CCC4(C)C3(F)C(O)CC21C. The van der Waals surface area contributed by atoms with Gasteiger partial charge in [0.15, 0.2) is 5.78 Å². The molecule has 0 bridgehead atoms. The smallest absolute Gasteiger partial charge is 0.349 e. The fourth-order valence-corrected chi connectivity index (χ4v) is 8.49. The molecular formula is C26H35F2NO7S. The molecule has 4 rings (SSSR count). The number of ether oxygens (including phenoxy) is 1. The molecule has 10 atom stereocenters. The van der Waals surface area contributed by atoms with Crippen molar-refractivity contribution in [3.05, 3.63) is 11.6 Å². The Bertz CT molecular complexity index is 1070. The fourth-order valence-electron chi connectivity index (χ4n) is 8.25. The summed E-state index contributed by atoms with van der Waals surface area (Å²) in [6.45, 7) is 5.89. The maximum absolute atomic E-state index is 17.3. The highest BCUT2D eigenvalue weighted by Gasteiger charge is 2.78. The Labute approximate surface area is 220 Å². The minimum atomic E-state index is -2.30. The molecule has 11 heteroatoms. The standard InChI is InChI=1S/C26H35F2NO7S/c1-12-7-15-16-9-18(27)17-8-14(31)5-6-23(17,3)25(16,28)20(32)10-24(15,4)26(12,22(34)35)36-21(33)19(11-37)29-13(2)30/h8,12,15-16,18-20,32,37H,5-7,9-11H2,1-4H3,(H,29,30)(H,34,35)/t12?,15?,16?,18?,19-,20?,23?,24?,25?,26?/m0/s1. The molecule has 0 spiro atoms. The van der Waals surface area contributed by atoms with Gasteiger partial charge in [0.1, 0.15) is 17.9 Å². The van der Waals surface area contributed by atoms with E-state index in [4.69, 9.17) is 4.74 Å². The van der Waals surface area contributed by atoms with E-state index in [9.17, 15) is 29.4 Å². The molecule has 8 nitrogen and oxygen atoms in total. The number of carboxylic acids is 1. The molecule has 3 N–H and O–H groups in total. The van der Waals surface area contributed by atoms with Gasteiger partial charge in [-0.3, -0.25) is 9.59 Å². The van der Waals surface area contributed by atoms with Crippen molar-refractivity contribution in [1.29, 1.82) is 0 Å². The number of alkyl halides is 2. The van der Waals surface area contributed by atoms with E-state index < -0.39 is 76.0 Å². The van der Waals surface area contributed by atoms with Gasteiger partial charge < -0.3 is 20.3 Å². The number of rotatable bonds is 5. The van der Waals surface area contributed by atoms with Crippen LogP contribution in [0.1, 0.15) is 59.8 Å². The number of nitrogens with one attached hydrogen (secondary N) is 1. The highest BCUT2D eigenvalue weighted by atomic mass is 32.1. The molecule has 0 aromatic rings. The van der Waals surface area contributed by atoms with Crippen LogP contribution in [-0.4, -0.2) is 69.2 Å². The van der Waals surface area contributed by atoms with Crippen LogP contribution < -0.4 is 5.32 Å². The third kappa shape index (κ3) is 3.62. The van der Waals surface area contributed by atoms with Crippen LogP contribution in [0, 0.1) is 28.6 Å². The number of amides is 1. The van der Waals surface area contributed by atoms with Crippen molar-refractivity contribution in [2.75, 3.05) is 5.75 Å². The largest absolute Gasteiger partial charge is 0.478 e. The minimum Gasteiger partial charge on any atom is -0.478 e. The lowest BCUT2D eigenvalue weighted by Gasteiger charge is -2.63. The number of hydrogen-bond acceptors (Lipinski definition) is 7. The van der Waals surface area contributed by atoms with E-state index in [1.165, 1.54) is 13.0 Å². The summed E-state index contributed by atoms with van der Waals surface area (Å²) in [6, 6.07) is -1.21. The topological polar surface area (TPSA) is 130 Å². The van der Waals surface area contributed by atoms with Gasteiger partial charge in [0.05, 0.1) is 6.10 Å². The van der Waals surface area contributed by atoms with Gasteiger partial charge in [-0.1, -0.05) is 20.8 Å². The number of thiol groups is 1. The highest BCUT2D eigenvalue weighted by molar-refractivity contribution is 7.80. The maximum atomic E-state index is 17.3. The van der Waals surface area contributed by atoms with E-state index in [0.717, 1.165) is 0 Å². The van der Waals surface area contributed by atoms with Crippen molar-refractivity contribution in [3.8, 4) is 0 Å². The Morgan fingerprint density at radius 2 is 1.92 bits per heavy atom. The van der Waals surface area contributed by atoms with Crippen LogP contribution in [0.2, 0.25) is 0 Å². The van der Waals surface area contributed by atoms with Crippen LogP contribution in [0.5, 0.6) is 0 Å². The van der Waals surface area contributed by atoms with E-state index in [-0.39, 0.29) is 49.2 Å². The van der Waals surface area contributed by atoms with Crippen LogP contribution in [0.25, 0.3) is 0 Å². The summed E-state index contributed by atoms with van der Waals surface area (Å²) in [6.07, 6.45) is -2.59. The Hall–Kier alpha value is -2.01. The van der Waals surface area contributed by atoms with Gasteiger partial charge in [0, 0.05) is 41.8 Å². The molecule has 0 heterocycles. The number of fused-ring (bicyclic) bond motifs is 5. The summed E-state index contributed by atoms with van der Waals surface area (Å²) in [5.74, 6) is -5.99.